The highest BCUT2D eigenvalue weighted by Gasteiger charge is 2.30. The second-order valence-corrected chi connectivity index (χ2v) is 5.36. The molecule has 2 N–H and O–H groups in total. The third-order valence-corrected chi connectivity index (χ3v) is 4.16. The van der Waals surface area contributed by atoms with Crippen LogP contribution in [0.25, 0.3) is 0 Å². The fraction of sp³-hybridized carbons (Fsp3) is 0.667. The molecule has 18 heavy (non-hydrogen) atoms. The second kappa shape index (κ2) is 6.30. The molecule has 0 aromatic carbocycles. The lowest BCUT2D eigenvalue weighted by molar-refractivity contribution is 0.162. The first-order valence-electron chi connectivity index (χ1n) is 7.10. The van der Waals surface area contributed by atoms with Crippen molar-refractivity contribution in [3.8, 4) is 0 Å². The van der Waals surface area contributed by atoms with Crippen LogP contribution in [0, 0.1) is 12.8 Å². The number of aromatic nitrogens is 1. The maximum absolute atomic E-state index is 5.89. The molecule has 0 bridgehead atoms. The second-order valence-electron chi connectivity index (χ2n) is 5.36. The number of nitrogens with two attached hydrogens (primary N) is 1. The summed E-state index contributed by atoms with van der Waals surface area (Å²) in [7, 11) is 0. The van der Waals surface area contributed by atoms with Crippen LogP contribution in [0.4, 0.5) is 0 Å². The van der Waals surface area contributed by atoms with Crippen molar-refractivity contribution >= 4 is 0 Å². The fourth-order valence-electron chi connectivity index (χ4n) is 3.06. The highest BCUT2D eigenvalue weighted by Crippen LogP contribution is 2.30. The Labute approximate surface area is 110 Å². The van der Waals surface area contributed by atoms with Crippen LogP contribution in [-0.2, 0) is 6.54 Å². The summed E-state index contributed by atoms with van der Waals surface area (Å²) in [5, 5.41) is 0. The molecular weight excluding hydrogens is 222 g/mol. The Kier molecular flexibility index (Phi) is 4.72. The van der Waals surface area contributed by atoms with Crippen molar-refractivity contribution in [3.05, 3.63) is 29.6 Å². The monoisotopic (exact) mass is 247 g/mol. The molecular formula is C15H25N3. The minimum absolute atomic E-state index is 0.668. The number of hydrogen-bond acceptors (Lipinski definition) is 3. The fourth-order valence-corrected chi connectivity index (χ4v) is 3.06. The number of hydrogen-bond donors (Lipinski definition) is 1. The van der Waals surface area contributed by atoms with Crippen molar-refractivity contribution in [1.29, 1.82) is 0 Å². The summed E-state index contributed by atoms with van der Waals surface area (Å²) in [5.74, 6) is 0.684. The zero-order valence-electron chi connectivity index (χ0n) is 11.6. The smallest absolute Gasteiger partial charge is 0.0372 e. The predicted octanol–water partition coefficient (Wildman–Crippen LogP) is 2.34. The molecule has 3 heteroatoms. The van der Waals surface area contributed by atoms with E-state index < -0.39 is 0 Å². The van der Waals surface area contributed by atoms with Gasteiger partial charge in [-0.15, -0.1) is 0 Å². The van der Waals surface area contributed by atoms with Crippen molar-refractivity contribution < 1.29 is 0 Å². The van der Waals surface area contributed by atoms with Gasteiger partial charge in [0.2, 0.25) is 0 Å². The van der Waals surface area contributed by atoms with Gasteiger partial charge in [0.1, 0.15) is 0 Å². The molecule has 1 heterocycles. The summed E-state index contributed by atoms with van der Waals surface area (Å²) in [5.41, 5.74) is 8.29. The van der Waals surface area contributed by atoms with Gasteiger partial charge in [-0.25, -0.2) is 0 Å². The van der Waals surface area contributed by atoms with Crippen LogP contribution in [0.5, 0.6) is 0 Å². The molecule has 2 atom stereocenters. The SMILES string of the molecule is CCN(Cc1ccc(C)nc1)C1CCCC1CN. The average molecular weight is 247 g/mol. The number of rotatable bonds is 5. The summed E-state index contributed by atoms with van der Waals surface area (Å²) >= 11 is 0. The highest BCUT2D eigenvalue weighted by atomic mass is 15.2. The molecule has 1 aliphatic carbocycles. The molecule has 1 aliphatic rings. The normalized spacial score (nSPS) is 23.8. The topological polar surface area (TPSA) is 42.2 Å². The largest absolute Gasteiger partial charge is 0.330 e. The van der Waals surface area contributed by atoms with E-state index in [1.54, 1.807) is 0 Å². The van der Waals surface area contributed by atoms with E-state index in [0.717, 1.165) is 25.3 Å². The van der Waals surface area contributed by atoms with Gasteiger partial charge in [-0.3, -0.25) is 9.88 Å². The van der Waals surface area contributed by atoms with E-state index >= 15 is 0 Å². The molecule has 1 fully saturated rings. The van der Waals surface area contributed by atoms with Gasteiger partial charge in [-0.2, -0.15) is 0 Å². The summed E-state index contributed by atoms with van der Waals surface area (Å²) in [4.78, 5) is 6.95. The van der Waals surface area contributed by atoms with Gasteiger partial charge in [0.15, 0.2) is 0 Å². The minimum atomic E-state index is 0.668. The van der Waals surface area contributed by atoms with E-state index in [0.29, 0.717) is 12.0 Å². The lowest BCUT2D eigenvalue weighted by atomic mass is 10.0. The molecule has 0 saturated heterocycles. The molecule has 100 valence electrons. The molecule has 2 unspecified atom stereocenters. The van der Waals surface area contributed by atoms with Gasteiger partial charge in [0, 0.05) is 24.5 Å². The molecule has 1 saturated carbocycles. The zero-order chi connectivity index (χ0) is 13.0. The summed E-state index contributed by atoms with van der Waals surface area (Å²) in [6.07, 6.45) is 5.93. The number of aryl methyl sites for hydroxylation is 1. The first-order valence-corrected chi connectivity index (χ1v) is 7.10. The third-order valence-electron chi connectivity index (χ3n) is 4.16. The van der Waals surface area contributed by atoms with E-state index in [2.05, 4.69) is 28.9 Å². The Morgan fingerprint density at radius 3 is 2.83 bits per heavy atom. The zero-order valence-corrected chi connectivity index (χ0v) is 11.6. The highest BCUT2D eigenvalue weighted by molar-refractivity contribution is 5.13. The Balaban J connectivity index is 2.02. The molecule has 0 spiro atoms. The Morgan fingerprint density at radius 2 is 2.22 bits per heavy atom. The van der Waals surface area contributed by atoms with Gasteiger partial charge in [-0.05, 0) is 50.4 Å². The van der Waals surface area contributed by atoms with Crippen LogP contribution >= 0.6 is 0 Å². The molecule has 1 aromatic rings. The molecule has 3 nitrogen and oxygen atoms in total. The summed E-state index contributed by atoms with van der Waals surface area (Å²) in [6.45, 7) is 7.20. The lowest BCUT2D eigenvalue weighted by Gasteiger charge is -2.31. The van der Waals surface area contributed by atoms with Crippen LogP contribution in [-0.4, -0.2) is 29.0 Å². The number of pyridine rings is 1. The first-order chi connectivity index (χ1) is 8.74. The van der Waals surface area contributed by atoms with Crippen molar-refractivity contribution in [2.24, 2.45) is 11.7 Å². The standard InChI is InChI=1S/C15H25N3/c1-3-18(15-6-4-5-14(15)9-16)11-13-8-7-12(2)17-10-13/h7-8,10,14-15H,3-6,9,11,16H2,1-2H3. The summed E-state index contributed by atoms with van der Waals surface area (Å²) in [6, 6.07) is 4.96. The van der Waals surface area contributed by atoms with Gasteiger partial charge in [-0.1, -0.05) is 19.4 Å². The van der Waals surface area contributed by atoms with Gasteiger partial charge in [0.05, 0.1) is 0 Å². The molecule has 0 aliphatic heterocycles. The summed E-state index contributed by atoms with van der Waals surface area (Å²) < 4.78 is 0. The maximum atomic E-state index is 5.89. The third kappa shape index (κ3) is 3.09. The van der Waals surface area contributed by atoms with E-state index in [9.17, 15) is 0 Å². The van der Waals surface area contributed by atoms with Gasteiger partial charge in [0.25, 0.3) is 0 Å². The Bertz CT molecular complexity index is 361. The van der Waals surface area contributed by atoms with Crippen molar-refractivity contribution in [2.45, 2.75) is 45.7 Å². The molecule has 1 aromatic heterocycles. The maximum Gasteiger partial charge on any atom is 0.0372 e. The van der Waals surface area contributed by atoms with Crippen LogP contribution in [0.15, 0.2) is 18.3 Å². The van der Waals surface area contributed by atoms with E-state index in [-0.39, 0.29) is 0 Å². The Morgan fingerprint density at radius 1 is 1.39 bits per heavy atom. The van der Waals surface area contributed by atoms with Crippen molar-refractivity contribution in [3.63, 3.8) is 0 Å². The van der Waals surface area contributed by atoms with Crippen LogP contribution < -0.4 is 5.73 Å². The van der Waals surface area contributed by atoms with Gasteiger partial charge >= 0.3 is 0 Å². The molecule has 0 amide bonds. The van der Waals surface area contributed by atoms with E-state index in [4.69, 9.17) is 5.73 Å². The quantitative estimate of drug-likeness (QED) is 0.868. The van der Waals surface area contributed by atoms with Crippen LogP contribution in [0.2, 0.25) is 0 Å². The first kappa shape index (κ1) is 13.5. The van der Waals surface area contributed by atoms with Crippen LogP contribution in [0.3, 0.4) is 0 Å². The van der Waals surface area contributed by atoms with Crippen molar-refractivity contribution in [1.82, 2.24) is 9.88 Å². The van der Waals surface area contributed by atoms with Crippen molar-refractivity contribution in [2.75, 3.05) is 13.1 Å². The predicted molar refractivity (Wildman–Crippen MR) is 75.2 cm³/mol. The Hall–Kier alpha value is -0.930. The van der Waals surface area contributed by atoms with Gasteiger partial charge < -0.3 is 5.73 Å². The van der Waals surface area contributed by atoms with E-state index in [1.165, 1.54) is 24.8 Å². The average Bonchev–Trinajstić information content (AvgIpc) is 2.86. The number of nitrogens with zero attached hydrogens (tertiary/aromatic N) is 2. The minimum Gasteiger partial charge on any atom is -0.330 e. The van der Waals surface area contributed by atoms with Crippen LogP contribution in [0.1, 0.15) is 37.4 Å². The molecule has 0 radical (unpaired) electrons. The lowest BCUT2D eigenvalue weighted by Crippen LogP contribution is -2.39. The molecule has 2 rings (SSSR count). The van der Waals surface area contributed by atoms with E-state index in [1.807, 2.05) is 13.1 Å².